The minimum absolute atomic E-state index is 0.0171. The Kier molecular flexibility index (Phi) is 6.05. The monoisotopic (exact) mass is 384 g/mol. The van der Waals surface area contributed by atoms with Gasteiger partial charge in [0, 0.05) is 25.4 Å². The minimum atomic E-state index is -0.513. The van der Waals surface area contributed by atoms with Crippen LogP contribution in [0, 0.1) is 17.0 Å². The van der Waals surface area contributed by atoms with Crippen LogP contribution >= 0.6 is 0 Å². The predicted molar refractivity (Wildman–Crippen MR) is 100 cm³/mol. The van der Waals surface area contributed by atoms with Gasteiger partial charge in [0.2, 0.25) is 0 Å². The average molecular weight is 384 g/mol. The Hall–Kier alpha value is -3.62. The summed E-state index contributed by atoms with van der Waals surface area (Å²) in [5.41, 5.74) is 0.967. The molecule has 0 aliphatic carbocycles. The van der Waals surface area contributed by atoms with Crippen molar-refractivity contribution in [3.63, 3.8) is 0 Å². The molecular formula is C19H20N4O5. The number of hydrogen-bond donors (Lipinski definition) is 1. The van der Waals surface area contributed by atoms with Crippen molar-refractivity contribution in [2.24, 2.45) is 0 Å². The van der Waals surface area contributed by atoms with Crippen molar-refractivity contribution in [3.05, 3.63) is 76.0 Å². The molecule has 1 N–H and O–H groups in total. The molecule has 1 aromatic carbocycles. The van der Waals surface area contributed by atoms with Crippen molar-refractivity contribution >= 4 is 11.6 Å². The zero-order valence-corrected chi connectivity index (χ0v) is 15.3. The molecule has 9 heteroatoms. The Bertz CT molecular complexity index is 963. The molecule has 1 amide bonds. The molecule has 0 bridgehead atoms. The summed E-state index contributed by atoms with van der Waals surface area (Å²) >= 11 is 0. The topological polar surface area (TPSA) is 112 Å². The number of nitrogens with zero attached hydrogens (tertiary/aromatic N) is 3. The van der Waals surface area contributed by atoms with Gasteiger partial charge in [0.15, 0.2) is 11.5 Å². The van der Waals surface area contributed by atoms with Crippen LogP contribution in [0.2, 0.25) is 0 Å². The van der Waals surface area contributed by atoms with Gasteiger partial charge in [-0.3, -0.25) is 19.6 Å². The molecule has 0 radical (unpaired) electrons. The van der Waals surface area contributed by atoms with Crippen molar-refractivity contribution in [3.8, 4) is 5.75 Å². The van der Waals surface area contributed by atoms with Crippen LogP contribution in [-0.4, -0.2) is 27.2 Å². The lowest BCUT2D eigenvalue weighted by Gasteiger charge is -2.05. The minimum Gasteiger partial charge on any atom is -0.479 e. The average Bonchev–Trinajstić information content (AvgIpc) is 3.32. The second-order valence-electron chi connectivity index (χ2n) is 6.17. The highest BCUT2D eigenvalue weighted by Crippen LogP contribution is 2.26. The van der Waals surface area contributed by atoms with Crippen LogP contribution in [-0.2, 0) is 13.2 Å². The molecule has 3 rings (SSSR count). The number of ether oxygens (including phenoxy) is 1. The summed E-state index contributed by atoms with van der Waals surface area (Å²) < 4.78 is 12.7. The molecule has 2 heterocycles. The number of para-hydroxylation sites is 2. The molecule has 28 heavy (non-hydrogen) atoms. The largest absolute Gasteiger partial charge is 0.479 e. The number of furan rings is 1. The lowest BCUT2D eigenvalue weighted by molar-refractivity contribution is -0.386. The number of aromatic nitrogens is 2. The smallest absolute Gasteiger partial charge is 0.310 e. The van der Waals surface area contributed by atoms with Gasteiger partial charge >= 0.3 is 5.69 Å². The fraction of sp³-hybridized carbons (Fsp3) is 0.263. The highest BCUT2D eigenvalue weighted by atomic mass is 16.6. The lowest BCUT2D eigenvalue weighted by atomic mass is 10.3. The predicted octanol–water partition coefficient (Wildman–Crippen LogP) is 3.09. The highest BCUT2D eigenvalue weighted by Gasteiger charge is 2.15. The molecule has 0 unspecified atom stereocenters. The van der Waals surface area contributed by atoms with E-state index in [-0.39, 0.29) is 29.7 Å². The molecule has 0 fully saturated rings. The molecular weight excluding hydrogens is 364 g/mol. The van der Waals surface area contributed by atoms with E-state index in [4.69, 9.17) is 9.15 Å². The Morgan fingerprint density at radius 3 is 2.89 bits per heavy atom. The van der Waals surface area contributed by atoms with E-state index in [0.29, 0.717) is 18.8 Å². The van der Waals surface area contributed by atoms with Gasteiger partial charge in [-0.1, -0.05) is 12.1 Å². The Morgan fingerprint density at radius 1 is 1.32 bits per heavy atom. The summed E-state index contributed by atoms with van der Waals surface area (Å²) in [6.45, 7) is 3.15. The Morgan fingerprint density at radius 2 is 2.14 bits per heavy atom. The van der Waals surface area contributed by atoms with E-state index in [0.717, 1.165) is 12.0 Å². The zero-order chi connectivity index (χ0) is 19.9. The molecule has 0 saturated carbocycles. The second kappa shape index (κ2) is 8.85. The Balaban J connectivity index is 1.47. The summed E-state index contributed by atoms with van der Waals surface area (Å²) in [5, 5.41) is 18.0. The first-order valence-electron chi connectivity index (χ1n) is 8.75. The fourth-order valence-electron chi connectivity index (χ4n) is 2.58. The molecule has 0 atom stereocenters. The number of amides is 1. The summed E-state index contributed by atoms with van der Waals surface area (Å²) in [6, 6.07) is 9.24. The van der Waals surface area contributed by atoms with Crippen molar-refractivity contribution < 1.29 is 18.9 Å². The van der Waals surface area contributed by atoms with Crippen LogP contribution in [0.1, 0.15) is 28.3 Å². The molecule has 9 nitrogen and oxygen atoms in total. The second-order valence-corrected chi connectivity index (χ2v) is 6.17. The third-order valence-electron chi connectivity index (χ3n) is 3.93. The third-order valence-corrected chi connectivity index (χ3v) is 3.93. The summed E-state index contributed by atoms with van der Waals surface area (Å²) in [6.07, 6.45) is 4.47. The van der Waals surface area contributed by atoms with E-state index in [9.17, 15) is 14.9 Å². The molecule has 0 spiro atoms. The van der Waals surface area contributed by atoms with Crippen LogP contribution in [0.25, 0.3) is 0 Å². The number of rotatable bonds is 9. The SMILES string of the molecule is Cc1cnn(CCCNC(=O)c2ccc(COc3ccccc3[N+](=O)[O-])o2)c1. The first-order chi connectivity index (χ1) is 13.5. The standard InChI is InChI=1S/C19H20N4O5/c1-14-11-21-22(12-14)10-4-9-20-19(24)18-8-7-15(28-18)13-27-17-6-3-2-5-16(17)23(25)26/h2-3,5-8,11-12H,4,9-10,13H2,1H3,(H,20,24). The maximum Gasteiger partial charge on any atom is 0.310 e. The number of carbonyl (C=O) groups is 1. The van der Waals surface area contributed by atoms with Gasteiger partial charge in [0.25, 0.3) is 5.91 Å². The number of nitro benzene ring substituents is 1. The van der Waals surface area contributed by atoms with Crippen LogP contribution in [0.15, 0.2) is 53.2 Å². The van der Waals surface area contributed by atoms with Crippen molar-refractivity contribution in [1.29, 1.82) is 0 Å². The molecule has 0 saturated heterocycles. The van der Waals surface area contributed by atoms with E-state index in [1.807, 2.05) is 17.8 Å². The van der Waals surface area contributed by atoms with Crippen molar-refractivity contribution in [2.75, 3.05) is 6.54 Å². The van der Waals surface area contributed by atoms with E-state index < -0.39 is 4.92 Å². The summed E-state index contributed by atoms with van der Waals surface area (Å²) in [4.78, 5) is 22.6. The number of benzene rings is 1. The quantitative estimate of drug-likeness (QED) is 0.345. The molecule has 0 aliphatic heterocycles. The van der Waals surface area contributed by atoms with Gasteiger partial charge < -0.3 is 14.5 Å². The van der Waals surface area contributed by atoms with Gasteiger partial charge in [-0.05, 0) is 37.1 Å². The first kappa shape index (κ1) is 19.2. The lowest BCUT2D eigenvalue weighted by Crippen LogP contribution is -2.24. The maximum atomic E-state index is 12.1. The Labute approximate surface area is 161 Å². The van der Waals surface area contributed by atoms with Crippen LogP contribution < -0.4 is 10.1 Å². The van der Waals surface area contributed by atoms with Crippen LogP contribution in [0.5, 0.6) is 5.75 Å². The van der Waals surface area contributed by atoms with Gasteiger partial charge in [0.1, 0.15) is 12.4 Å². The zero-order valence-electron chi connectivity index (χ0n) is 15.3. The van der Waals surface area contributed by atoms with E-state index >= 15 is 0 Å². The number of aryl methyl sites for hydroxylation is 2. The van der Waals surface area contributed by atoms with Crippen LogP contribution in [0.3, 0.4) is 0 Å². The van der Waals surface area contributed by atoms with Crippen LogP contribution in [0.4, 0.5) is 5.69 Å². The molecule has 146 valence electrons. The highest BCUT2D eigenvalue weighted by molar-refractivity contribution is 5.91. The molecule has 0 aliphatic rings. The third kappa shape index (κ3) is 4.97. The molecule has 3 aromatic rings. The van der Waals surface area contributed by atoms with Gasteiger partial charge in [-0.25, -0.2) is 0 Å². The number of nitrogens with one attached hydrogen (secondary N) is 1. The van der Waals surface area contributed by atoms with Gasteiger partial charge in [-0.2, -0.15) is 5.10 Å². The van der Waals surface area contributed by atoms with E-state index in [2.05, 4.69) is 10.4 Å². The van der Waals surface area contributed by atoms with Gasteiger partial charge in [-0.15, -0.1) is 0 Å². The summed E-state index contributed by atoms with van der Waals surface area (Å²) in [5.74, 6) is 0.378. The number of hydrogen-bond acceptors (Lipinski definition) is 6. The first-order valence-corrected chi connectivity index (χ1v) is 8.75. The van der Waals surface area contributed by atoms with Crippen molar-refractivity contribution in [1.82, 2.24) is 15.1 Å². The summed E-state index contributed by atoms with van der Waals surface area (Å²) in [7, 11) is 0. The van der Waals surface area contributed by atoms with Crippen molar-refractivity contribution in [2.45, 2.75) is 26.5 Å². The maximum absolute atomic E-state index is 12.1. The van der Waals surface area contributed by atoms with E-state index in [1.54, 1.807) is 30.5 Å². The molecule has 2 aromatic heterocycles. The van der Waals surface area contributed by atoms with E-state index in [1.165, 1.54) is 12.1 Å². The number of nitro groups is 1. The normalized spacial score (nSPS) is 10.6. The van der Waals surface area contributed by atoms with Gasteiger partial charge in [0.05, 0.1) is 11.1 Å². The number of carbonyl (C=O) groups excluding carboxylic acids is 1. The fourth-order valence-corrected chi connectivity index (χ4v) is 2.58.